The van der Waals surface area contributed by atoms with Crippen molar-refractivity contribution in [3.05, 3.63) is 47.0 Å². The van der Waals surface area contributed by atoms with Gasteiger partial charge in [-0.3, -0.25) is 0 Å². The van der Waals surface area contributed by atoms with E-state index in [0.29, 0.717) is 12.4 Å². The largest absolute Gasteiger partial charge is 0.508 e. The van der Waals surface area contributed by atoms with Gasteiger partial charge in [0.2, 0.25) is 0 Å². The number of phenolic OH excluding ortho intramolecular Hbond substituents is 3. The number of rotatable bonds is 0. The second kappa shape index (κ2) is 3.85. The van der Waals surface area contributed by atoms with Gasteiger partial charge in [-0.15, -0.1) is 0 Å². The number of fused-ring (bicyclic) bond motifs is 5. The number of ether oxygens (including phenoxy) is 1. The highest BCUT2D eigenvalue weighted by Gasteiger charge is 2.48. The average molecular weight is 284 g/mol. The third-order valence-corrected chi connectivity index (χ3v) is 4.70. The molecule has 0 saturated heterocycles. The number of hydrogen-bond acceptors (Lipinski definition) is 4. The molecule has 2 atom stereocenters. The van der Waals surface area contributed by atoms with Gasteiger partial charge in [0.05, 0.1) is 6.61 Å². The van der Waals surface area contributed by atoms with E-state index in [0.717, 1.165) is 23.1 Å². The summed E-state index contributed by atoms with van der Waals surface area (Å²) < 4.78 is 5.83. The number of phenols is 3. The minimum Gasteiger partial charge on any atom is -0.508 e. The van der Waals surface area contributed by atoms with Crippen molar-refractivity contribution in [1.82, 2.24) is 0 Å². The molecule has 1 heterocycles. The van der Waals surface area contributed by atoms with Crippen LogP contribution in [0.2, 0.25) is 0 Å². The van der Waals surface area contributed by atoms with Crippen molar-refractivity contribution < 1.29 is 20.1 Å². The van der Waals surface area contributed by atoms with E-state index >= 15 is 0 Å². The lowest BCUT2D eigenvalue weighted by atomic mass is 9.73. The first-order valence-corrected chi connectivity index (χ1v) is 6.98. The van der Waals surface area contributed by atoms with Gasteiger partial charge >= 0.3 is 0 Å². The fraction of sp³-hybridized carbons (Fsp3) is 0.294. The molecular formula is C17H16O4. The van der Waals surface area contributed by atoms with E-state index in [2.05, 4.69) is 6.92 Å². The van der Waals surface area contributed by atoms with Gasteiger partial charge in [-0.25, -0.2) is 0 Å². The van der Waals surface area contributed by atoms with Crippen LogP contribution in [0.25, 0.3) is 0 Å². The number of aromatic hydroxyl groups is 3. The zero-order valence-corrected chi connectivity index (χ0v) is 11.6. The molecule has 0 fully saturated rings. The molecule has 0 aromatic heterocycles. The van der Waals surface area contributed by atoms with Gasteiger partial charge < -0.3 is 20.1 Å². The van der Waals surface area contributed by atoms with Crippen molar-refractivity contribution >= 4 is 0 Å². The average Bonchev–Trinajstić information content (AvgIpc) is 2.71. The third kappa shape index (κ3) is 1.62. The van der Waals surface area contributed by atoms with Crippen molar-refractivity contribution in [2.45, 2.75) is 19.3 Å². The van der Waals surface area contributed by atoms with E-state index < -0.39 is 0 Å². The molecule has 2 unspecified atom stereocenters. The minimum absolute atomic E-state index is 0.0807. The smallest absolute Gasteiger partial charge is 0.157 e. The molecule has 2 aromatic carbocycles. The molecule has 21 heavy (non-hydrogen) atoms. The van der Waals surface area contributed by atoms with Crippen LogP contribution >= 0.6 is 0 Å². The molecule has 2 aliphatic rings. The summed E-state index contributed by atoms with van der Waals surface area (Å²) in [6.45, 7) is 2.70. The Kier molecular flexibility index (Phi) is 2.27. The van der Waals surface area contributed by atoms with E-state index in [1.165, 1.54) is 0 Å². The monoisotopic (exact) mass is 284 g/mol. The van der Waals surface area contributed by atoms with Gasteiger partial charge in [0.15, 0.2) is 11.5 Å². The summed E-state index contributed by atoms with van der Waals surface area (Å²) in [5.41, 5.74) is 2.99. The van der Waals surface area contributed by atoms with Gasteiger partial charge in [-0.1, -0.05) is 13.0 Å². The second-order valence-corrected chi connectivity index (χ2v) is 6.31. The lowest BCUT2D eigenvalue weighted by Crippen LogP contribution is -2.34. The Hall–Kier alpha value is -2.36. The first kappa shape index (κ1) is 12.4. The fourth-order valence-electron chi connectivity index (χ4n) is 3.78. The van der Waals surface area contributed by atoms with Gasteiger partial charge in [-0.05, 0) is 35.7 Å². The first-order chi connectivity index (χ1) is 9.98. The molecule has 2 aromatic rings. The van der Waals surface area contributed by atoms with Crippen molar-refractivity contribution in [2.75, 3.05) is 6.61 Å². The van der Waals surface area contributed by atoms with E-state index in [1.807, 2.05) is 6.07 Å². The summed E-state index contributed by atoms with van der Waals surface area (Å²) in [6, 6.07) is 8.47. The third-order valence-electron chi connectivity index (χ3n) is 4.70. The molecular weight excluding hydrogens is 268 g/mol. The van der Waals surface area contributed by atoms with Crippen LogP contribution in [0.3, 0.4) is 0 Å². The van der Waals surface area contributed by atoms with Crippen molar-refractivity contribution in [3.63, 3.8) is 0 Å². The van der Waals surface area contributed by atoms with Crippen LogP contribution in [0.5, 0.6) is 23.0 Å². The Morgan fingerprint density at radius 1 is 1.05 bits per heavy atom. The van der Waals surface area contributed by atoms with Crippen LogP contribution in [0.15, 0.2) is 30.3 Å². The van der Waals surface area contributed by atoms with Crippen LogP contribution in [0.4, 0.5) is 0 Å². The molecule has 4 heteroatoms. The fourth-order valence-corrected chi connectivity index (χ4v) is 3.78. The predicted molar refractivity (Wildman–Crippen MR) is 77.0 cm³/mol. The number of hydrogen-bond donors (Lipinski definition) is 3. The maximum atomic E-state index is 9.83. The summed E-state index contributed by atoms with van der Waals surface area (Å²) in [6.07, 6.45) is 0.793. The standard InChI is InChI=1S/C17H16O4/c1-17-7-9-4-13(19)14(20)6-12(9)16(17)11-3-2-10(18)5-15(11)21-8-17/h2-6,16,18-20H,7-8H2,1H3. The van der Waals surface area contributed by atoms with Gasteiger partial charge in [0, 0.05) is 23.0 Å². The van der Waals surface area contributed by atoms with Crippen LogP contribution in [0, 0.1) is 5.41 Å². The molecule has 4 rings (SSSR count). The molecule has 0 saturated carbocycles. The van der Waals surface area contributed by atoms with Crippen LogP contribution in [-0.4, -0.2) is 21.9 Å². The molecule has 1 aliphatic heterocycles. The lowest BCUT2D eigenvalue weighted by molar-refractivity contribution is 0.129. The van der Waals surface area contributed by atoms with Crippen molar-refractivity contribution in [3.8, 4) is 23.0 Å². The summed E-state index contributed by atoms with van der Waals surface area (Å²) >= 11 is 0. The molecule has 0 amide bonds. The maximum absolute atomic E-state index is 9.83. The SMILES string of the molecule is CC12COc3cc(O)ccc3C1c1cc(O)c(O)cc1C2. The van der Waals surface area contributed by atoms with Crippen LogP contribution in [-0.2, 0) is 6.42 Å². The normalized spacial score (nSPS) is 25.7. The van der Waals surface area contributed by atoms with E-state index in [4.69, 9.17) is 4.74 Å². The minimum atomic E-state index is -0.105. The summed E-state index contributed by atoms with van der Waals surface area (Å²) in [7, 11) is 0. The summed E-state index contributed by atoms with van der Waals surface area (Å²) in [5, 5.41) is 29.2. The first-order valence-electron chi connectivity index (χ1n) is 6.98. The molecule has 0 bridgehead atoms. The highest BCUT2D eigenvalue weighted by Crippen LogP contribution is 2.57. The van der Waals surface area contributed by atoms with E-state index in [1.54, 1.807) is 24.3 Å². The molecule has 0 radical (unpaired) electrons. The zero-order chi connectivity index (χ0) is 14.8. The lowest BCUT2D eigenvalue weighted by Gasteiger charge is -2.38. The van der Waals surface area contributed by atoms with E-state index in [9.17, 15) is 15.3 Å². The Bertz CT molecular complexity index is 753. The maximum Gasteiger partial charge on any atom is 0.157 e. The van der Waals surface area contributed by atoms with E-state index in [-0.39, 0.29) is 28.6 Å². The molecule has 108 valence electrons. The highest BCUT2D eigenvalue weighted by molar-refractivity contribution is 5.57. The second-order valence-electron chi connectivity index (χ2n) is 6.31. The van der Waals surface area contributed by atoms with Crippen LogP contribution < -0.4 is 4.74 Å². The molecule has 0 spiro atoms. The van der Waals surface area contributed by atoms with Crippen molar-refractivity contribution in [1.29, 1.82) is 0 Å². The molecule has 4 nitrogen and oxygen atoms in total. The van der Waals surface area contributed by atoms with Crippen molar-refractivity contribution in [2.24, 2.45) is 5.41 Å². The summed E-state index contributed by atoms with van der Waals surface area (Å²) in [5.74, 6) is 0.804. The molecule has 3 N–H and O–H groups in total. The number of benzene rings is 2. The Labute approximate surface area is 122 Å². The van der Waals surface area contributed by atoms with Gasteiger partial charge in [0.25, 0.3) is 0 Å². The molecule has 1 aliphatic carbocycles. The quantitative estimate of drug-likeness (QED) is 0.651. The highest BCUT2D eigenvalue weighted by atomic mass is 16.5. The Balaban J connectivity index is 1.95. The Morgan fingerprint density at radius 3 is 2.62 bits per heavy atom. The zero-order valence-electron chi connectivity index (χ0n) is 11.6. The topological polar surface area (TPSA) is 69.9 Å². The van der Waals surface area contributed by atoms with Crippen LogP contribution in [0.1, 0.15) is 29.5 Å². The van der Waals surface area contributed by atoms with Gasteiger partial charge in [-0.2, -0.15) is 0 Å². The Morgan fingerprint density at radius 2 is 1.81 bits per heavy atom. The van der Waals surface area contributed by atoms with Gasteiger partial charge in [0.1, 0.15) is 11.5 Å². The predicted octanol–water partition coefficient (Wildman–Crippen LogP) is 2.89. The summed E-state index contributed by atoms with van der Waals surface area (Å²) in [4.78, 5) is 0.